The van der Waals surface area contributed by atoms with Crippen LogP contribution < -0.4 is 5.73 Å². The van der Waals surface area contributed by atoms with Crippen LogP contribution in [0.2, 0.25) is 0 Å². The van der Waals surface area contributed by atoms with Gasteiger partial charge >= 0.3 is 0 Å². The van der Waals surface area contributed by atoms with Crippen molar-refractivity contribution < 1.29 is 8.42 Å². The zero-order chi connectivity index (χ0) is 13.3. The van der Waals surface area contributed by atoms with Crippen molar-refractivity contribution in [2.24, 2.45) is 11.7 Å². The molecule has 1 saturated heterocycles. The Kier molecular flexibility index (Phi) is 3.75. The molecule has 2 rings (SSSR count). The molecule has 0 amide bonds. The van der Waals surface area contributed by atoms with Gasteiger partial charge in [0.1, 0.15) is 0 Å². The van der Waals surface area contributed by atoms with Gasteiger partial charge in [0.25, 0.3) is 0 Å². The molecule has 1 aliphatic heterocycles. The number of nitrogens with zero attached hydrogens (tertiary/aromatic N) is 1. The Bertz CT molecular complexity index is 540. The number of nitrogens with two attached hydrogens (primary N) is 1. The molecule has 2 N–H and O–H groups in total. The van der Waals surface area contributed by atoms with E-state index in [9.17, 15) is 8.42 Å². The minimum Gasteiger partial charge on any atom is -0.330 e. The molecule has 4 nitrogen and oxygen atoms in total. The van der Waals surface area contributed by atoms with E-state index >= 15 is 0 Å². The summed E-state index contributed by atoms with van der Waals surface area (Å²) in [6.45, 7) is 5.49. The zero-order valence-electron chi connectivity index (χ0n) is 10.9. The molecular weight excluding hydrogens is 248 g/mol. The van der Waals surface area contributed by atoms with Gasteiger partial charge < -0.3 is 5.73 Å². The van der Waals surface area contributed by atoms with Crippen LogP contribution in [0, 0.1) is 19.8 Å². The molecule has 1 heterocycles. The predicted molar refractivity (Wildman–Crippen MR) is 71.8 cm³/mol. The Morgan fingerprint density at radius 1 is 1.39 bits per heavy atom. The summed E-state index contributed by atoms with van der Waals surface area (Å²) >= 11 is 0. The summed E-state index contributed by atoms with van der Waals surface area (Å²) in [6, 6.07) is 5.45. The number of hydrogen-bond acceptors (Lipinski definition) is 3. The lowest BCUT2D eigenvalue weighted by atomic mass is 10.1. The molecule has 18 heavy (non-hydrogen) atoms. The smallest absolute Gasteiger partial charge is 0.243 e. The third-order valence-electron chi connectivity index (χ3n) is 3.53. The first kappa shape index (κ1) is 13.5. The van der Waals surface area contributed by atoms with Gasteiger partial charge in [-0.1, -0.05) is 17.7 Å². The van der Waals surface area contributed by atoms with Crippen LogP contribution in [0.1, 0.15) is 17.5 Å². The lowest BCUT2D eigenvalue weighted by Crippen LogP contribution is -2.30. The largest absolute Gasteiger partial charge is 0.330 e. The first-order chi connectivity index (χ1) is 8.45. The molecular formula is C13H20N2O2S. The molecule has 1 aromatic rings. The summed E-state index contributed by atoms with van der Waals surface area (Å²) in [5.74, 6) is 0.297. The van der Waals surface area contributed by atoms with Gasteiger partial charge in [-0.15, -0.1) is 0 Å². The number of sulfonamides is 1. The Morgan fingerprint density at radius 2 is 2.11 bits per heavy atom. The van der Waals surface area contributed by atoms with Crippen molar-refractivity contribution >= 4 is 10.0 Å². The first-order valence-electron chi connectivity index (χ1n) is 6.22. The van der Waals surface area contributed by atoms with Gasteiger partial charge in [-0.3, -0.25) is 0 Å². The van der Waals surface area contributed by atoms with E-state index in [0.29, 0.717) is 30.4 Å². The van der Waals surface area contributed by atoms with E-state index in [1.54, 1.807) is 10.4 Å². The van der Waals surface area contributed by atoms with Crippen molar-refractivity contribution in [1.29, 1.82) is 0 Å². The summed E-state index contributed by atoms with van der Waals surface area (Å²) < 4.78 is 26.6. The summed E-state index contributed by atoms with van der Waals surface area (Å²) in [4.78, 5) is 0.422. The molecule has 0 aliphatic carbocycles. The van der Waals surface area contributed by atoms with Gasteiger partial charge in [-0.05, 0) is 44.4 Å². The second-order valence-corrected chi connectivity index (χ2v) is 6.93. The van der Waals surface area contributed by atoms with Gasteiger partial charge in [0.2, 0.25) is 10.0 Å². The highest BCUT2D eigenvalue weighted by Crippen LogP contribution is 2.26. The normalized spacial score (nSPS) is 21.4. The van der Waals surface area contributed by atoms with Crippen molar-refractivity contribution in [2.45, 2.75) is 25.2 Å². The van der Waals surface area contributed by atoms with E-state index in [-0.39, 0.29) is 0 Å². The van der Waals surface area contributed by atoms with Crippen LogP contribution in [0.25, 0.3) is 0 Å². The minimum atomic E-state index is -3.35. The van der Waals surface area contributed by atoms with Gasteiger partial charge in [-0.25, -0.2) is 8.42 Å². The van der Waals surface area contributed by atoms with Crippen LogP contribution >= 0.6 is 0 Å². The third-order valence-corrected chi connectivity index (χ3v) is 5.56. The summed E-state index contributed by atoms with van der Waals surface area (Å²) in [5.41, 5.74) is 7.49. The van der Waals surface area contributed by atoms with Gasteiger partial charge in [-0.2, -0.15) is 4.31 Å². The maximum Gasteiger partial charge on any atom is 0.243 e. The molecule has 100 valence electrons. The highest BCUT2D eigenvalue weighted by molar-refractivity contribution is 7.89. The van der Waals surface area contributed by atoms with Crippen molar-refractivity contribution in [3.05, 3.63) is 29.3 Å². The fraction of sp³-hybridized carbons (Fsp3) is 0.538. The van der Waals surface area contributed by atoms with E-state index in [1.807, 2.05) is 26.0 Å². The molecule has 5 heteroatoms. The summed E-state index contributed by atoms with van der Waals surface area (Å²) in [5, 5.41) is 0. The molecule has 1 fully saturated rings. The van der Waals surface area contributed by atoms with Gasteiger partial charge in [0.15, 0.2) is 0 Å². The molecule has 1 atom stereocenters. The monoisotopic (exact) mass is 268 g/mol. The maximum atomic E-state index is 12.5. The fourth-order valence-electron chi connectivity index (χ4n) is 2.44. The van der Waals surface area contributed by atoms with E-state index < -0.39 is 10.0 Å². The number of rotatable bonds is 3. The lowest BCUT2D eigenvalue weighted by Gasteiger charge is -2.18. The molecule has 0 radical (unpaired) electrons. The van der Waals surface area contributed by atoms with Crippen molar-refractivity contribution in [3.63, 3.8) is 0 Å². The molecule has 0 saturated carbocycles. The maximum absolute atomic E-state index is 12.5. The van der Waals surface area contributed by atoms with Crippen LogP contribution in [-0.2, 0) is 10.0 Å². The third kappa shape index (κ3) is 2.43. The Labute approximate surface area is 109 Å². The quantitative estimate of drug-likeness (QED) is 0.898. The van der Waals surface area contributed by atoms with Crippen LogP contribution in [-0.4, -0.2) is 32.4 Å². The van der Waals surface area contributed by atoms with Crippen molar-refractivity contribution in [3.8, 4) is 0 Å². The first-order valence-corrected chi connectivity index (χ1v) is 7.66. The van der Waals surface area contributed by atoms with E-state index in [0.717, 1.165) is 17.5 Å². The van der Waals surface area contributed by atoms with E-state index in [4.69, 9.17) is 5.73 Å². The minimum absolute atomic E-state index is 0.297. The topological polar surface area (TPSA) is 63.4 Å². The van der Waals surface area contributed by atoms with Gasteiger partial charge in [0, 0.05) is 13.1 Å². The van der Waals surface area contributed by atoms with Crippen LogP contribution in [0.4, 0.5) is 0 Å². The van der Waals surface area contributed by atoms with Crippen LogP contribution in [0.15, 0.2) is 23.1 Å². The second-order valence-electron chi connectivity index (χ2n) is 5.02. The highest BCUT2D eigenvalue weighted by atomic mass is 32.2. The molecule has 0 unspecified atom stereocenters. The summed E-state index contributed by atoms with van der Waals surface area (Å²) in [6.07, 6.45) is 0.862. The predicted octanol–water partition coefficient (Wildman–Crippen LogP) is 1.27. The SMILES string of the molecule is Cc1ccc(S(=O)(=O)N2CC[C@H](CN)C2)c(C)c1. The molecule has 1 aliphatic rings. The average molecular weight is 268 g/mol. The Morgan fingerprint density at radius 3 is 2.67 bits per heavy atom. The van der Waals surface area contributed by atoms with Gasteiger partial charge in [0.05, 0.1) is 4.90 Å². The van der Waals surface area contributed by atoms with Crippen molar-refractivity contribution in [1.82, 2.24) is 4.31 Å². The van der Waals surface area contributed by atoms with E-state index in [2.05, 4.69) is 0 Å². The molecule has 0 spiro atoms. The van der Waals surface area contributed by atoms with Crippen molar-refractivity contribution in [2.75, 3.05) is 19.6 Å². The number of benzene rings is 1. The number of hydrogen-bond donors (Lipinski definition) is 1. The van der Waals surface area contributed by atoms with Crippen LogP contribution in [0.5, 0.6) is 0 Å². The second kappa shape index (κ2) is 4.99. The molecule has 0 aromatic heterocycles. The Balaban J connectivity index is 2.31. The standard InChI is InChI=1S/C13H20N2O2S/c1-10-3-4-13(11(2)7-10)18(16,17)15-6-5-12(8-14)9-15/h3-4,7,12H,5-6,8-9,14H2,1-2H3/t12-/m1/s1. The fourth-order valence-corrected chi connectivity index (χ4v) is 4.17. The highest BCUT2D eigenvalue weighted by Gasteiger charge is 2.32. The number of aryl methyl sites for hydroxylation is 2. The summed E-state index contributed by atoms with van der Waals surface area (Å²) in [7, 11) is -3.35. The Hall–Kier alpha value is -0.910. The average Bonchev–Trinajstić information content (AvgIpc) is 2.77. The lowest BCUT2D eigenvalue weighted by molar-refractivity contribution is 0.458. The zero-order valence-corrected chi connectivity index (χ0v) is 11.7. The van der Waals surface area contributed by atoms with Crippen LogP contribution in [0.3, 0.4) is 0 Å². The molecule has 0 bridgehead atoms. The van der Waals surface area contributed by atoms with E-state index in [1.165, 1.54) is 0 Å². The molecule has 1 aromatic carbocycles.